The summed E-state index contributed by atoms with van der Waals surface area (Å²) in [5.41, 5.74) is 2.76. The van der Waals surface area contributed by atoms with Crippen LogP contribution < -0.4 is 15.4 Å². The number of para-hydroxylation sites is 2. The minimum absolute atomic E-state index is 0.0407. The third-order valence-electron chi connectivity index (χ3n) is 4.31. The Kier molecular flexibility index (Phi) is 5.66. The third kappa shape index (κ3) is 4.23. The summed E-state index contributed by atoms with van der Waals surface area (Å²) in [4.78, 5) is 28.9. The number of hydrogen-bond donors (Lipinski definition) is 2. The smallest absolute Gasteiger partial charge is 0.256 e. The number of methoxy groups -OCH3 is 1. The van der Waals surface area contributed by atoms with Gasteiger partial charge in [0.15, 0.2) is 0 Å². The molecule has 0 saturated carbocycles. The number of amides is 2. The van der Waals surface area contributed by atoms with Gasteiger partial charge in [-0.15, -0.1) is 0 Å². The highest BCUT2D eigenvalue weighted by atomic mass is 16.5. The van der Waals surface area contributed by atoms with Gasteiger partial charge in [-0.25, -0.2) is 4.98 Å². The number of rotatable bonds is 6. The van der Waals surface area contributed by atoms with Crippen LogP contribution in [-0.4, -0.2) is 31.0 Å². The Labute approximate surface area is 157 Å². The summed E-state index contributed by atoms with van der Waals surface area (Å²) in [5.74, 6) is 0.0899. The number of anilines is 1. The average molecular weight is 363 g/mol. The van der Waals surface area contributed by atoms with Crippen molar-refractivity contribution in [2.75, 3.05) is 19.5 Å². The molecule has 1 aromatic heterocycles. The molecule has 0 radical (unpaired) electrons. The van der Waals surface area contributed by atoms with Gasteiger partial charge in [0.05, 0.1) is 18.2 Å². The highest BCUT2D eigenvalue weighted by Crippen LogP contribution is 2.24. The number of ether oxygens (including phenoxy) is 1. The minimum Gasteiger partial charge on any atom is -0.481 e. The Morgan fingerprint density at radius 1 is 1.07 bits per heavy atom. The molecule has 6 nitrogen and oxygen atoms in total. The summed E-state index contributed by atoms with van der Waals surface area (Å²) in [6.07, 6.45) is 0.895. The molecular formula is C21H21N3O3. The van der Waals surface area contributed by atoms with Crippen molar-refractivity contribution in [2.24, 2.45) is 0 Å². The van der Waals surface area contributed by atoms with Crippen LogP contribution in [0.1, 0.15) is 22.3 Å². The number of nitrogens with zero attached hydrogens (tertiary/aromatic N) is 1. The van der Waals surface area contributed by atoms with Crippen molar-refractivity contribution in [3.63, 3.8) is 0 Å². The number of nitrogens with one attached hydrogen (secondary N) is 2. The van der Waals surface area contributed by atoms with Crippen molar-refractivity contribution >= 4 is 28.4 Å². The monoisotopic (exact) mass is 363 g/mol. The number of hydrogen-bond acceptors (Lipinski definition) is 4. The van der Waals surface area contributed by atoms with Crippen molar-refractivity contribution in [2.45, 2.75) is 12.8 Å². The molecule has 3 rings (SSSR count). The predicted octanol–water partition coefficient (Wildman–Crippen LogP) is 3.17. The third-order valence-corrected chi connectivity index (χ3v) is 4.31. The van der Waals surface area contributed by atoms with E-state index in [2.05, 4.69) is 15.6 Å². The molecule has 2 amide bonds. The molecule has 0 aliphatic rings. The summed E-state index contributed by atoms with van der Waals surface area (Å²) in [7, 11) is 3.13. The molecule has 0 atom stereocenters. The van der Waals surface area contributed by atoms with E-state index in [-0.39, 0.29) is 11.8 Å². The van der Waals surface area contributed by atoms with E-state index in [4.69, 9.17) is 4.74 Å². The molecule has 0 saturated heterocycles. The van der Waals surface area contributed by atoms with Gasteiger partial charge < -0.3 is 15.4 Å². The molecule has 138 valence electrons. The van der Waals surface area contributed by atoms with Gasteiger partial charge in [0.1, 0.15) is 0 Å². The maximum atomic E-state index is 13.0. The number of aryl methyl sites for hydroxylation is 1. The highest BCUT2D eigenvalue weighted by molar-refractivity contribution is 6.12. The second-order valence-corrected chi connectivity index (χ2v) is 6.01. The quantitative estimate of drug-likeness (QED) is 0.705. The lowest BCUT2D eigenvalue weighted by Gasteiger charge is -2.13. The molecule has 0 unspecified atom stereocenters. The Morgan fingerprint density at radius 3 is 2.59 bits per heavy atom. The van der Waals surface area contributed by atoms with Crippen molar-refractivity contribution in [3.05, 3.63) is 65.7 Å². The second-order valence-electron chi connectivity index (χ2n) is 6.01. The first-order chi connectivity index (χ1) is 13.1. The lowest BCUT2D eigenvalue weighted by Crippen LogP contribution is -2.19. The Morgan fingerprint density at radius 2 is 1.81 bits per heavy atom. The van der Waals surface area contributed by atoms with Crippen LogP contribution in [0.25, 0.3) is 10.9 Å². The molecule has 0 aliphatic heterocycles. The fourth-order valence-corrected chi connectivity index (χ4v) is 2.87. The maximum Gasteiger partial charge on any atom is 0.256 e. The van der Waals surface area contributed by atoms with E-state index < -0.39 is 0 Å². The molecule has 0 fully saturated rings. The molecule has 6 heteroatoms. The number of carbonyl (C=O) groups is 2. The first-order valence-corrected chi connectivity index (χ1v) is 8.66. The van der Waals surface area contributed by atoms with E-state index in [0.29, 0.717) is 35.5 Å². The van der Waals surface area contributed by atoms with Gasteiger partial charge in [-0.05, 0) is 24.1 Å². The van der Waals surface area contributed by atoms with E-state index in [1.807, 2.05) is 48.5 Å². The van der Waals surface area contributed by atoms with E-state index in [1.54, 1.807) is 13.1 Å². The van der Waals surface area contributed by atoms with Gasteiger partial charge in [-0.1, -0.05) is 36.4 Å². The van der Waals surface area contributed by atoms with E-state index >= 15 is 0 Å². The van der Waals surface area contributed by atoms with E-state index in [0.717, 1.165) is 10.9 Å². The van der Waals surface area contributed by atoms with E-state index in [1.165, 1.54) is 7.11 Å². The first kappa shape index (κ1) is 18.4. The second kappa shape index (κ2) is 8.31. The van der Waals surface area contributed by atoms with E-state index in [9.17, 15) is 9.59 Å². The molecule has 3 aromatic rings. The van der Waals surface area contributed by atoms with Crippen molar-refractivity contribution < 1.29 is 14.3 Å². The molecule has 0 aliphatic carbocycles. The molecule has 2 N–H and O–H groups in total. The number of benzene rings is 2. The summed E-state index contributed by atoms with van der Waals surface area (Å²) in [6.45, 7) is 0. The topological polar surface area (TPSA) is 80.3 Å². The number of pyridine rings is 1. The number of aromatic nitrogens is 1. The minimum atomic E-state index is -0.251. The van der Waals surface area contributed by atoms with Gasteiger partial charge >= 0.3 is 0 Å². The van der Waals surface area contributed by atoms with Crippen molar-refractivity contribution in [1.29, 1.82) is 0 Å². The zero-order chi connectivity index (χ0) is 19.2. The lowest BCUT2D eigenvalue weighted by molar-refractivity contribution is -0.120. The Bertz CT molecular complexity index is 985. The van der Waals surface area contributed by atoms with Crippen LogP contribution in [0.15, 0.2) is 54.6 Å². The summed E-state index contributed by atoms with van der Waals surface area (Å²) >= 11 is 0. The normalized spacial score (nSPS) is 10.4. The molecule has 2 aromatic carbocycles. The fourth-order valence-electron chi connectivity index (χ4n) is 2.87. The SMILES string of the molecule is CNC(=O)CCc1ccccc1NC(=O)c1cc(OC)nc2ccccc12. The van der Waals surface area contributed by atoms with Gasteiger partial charge in [-0.3, -0.25) is 9.59 Å². The van der Waals surface area contributed by atoms with Crippen LogP contribution in [0.2, 0.25) is 0 Å². The summed E-state index contributed by atoms with van der Waals surface area (Å²) in [5, 5.41) is 6.31. The number of carbonyl (C=O) groups excluding carboxylic acids is 2. The zero-order valence-corrected chi connectivity index (χ0v) is 15.3. The van der Waals surface area contributed by atoms with Gasteiger partial charge in [0, 0.05) is 30.6 Å². The predicted molar refractivity (Wildman–Crippen MR) is 105 cm³/mol. The zero-order valence-electron chi connectivity index (χ0n) is 15.3. The molecule has 27 heavy (non-hydrogen) atoms. The van der Waals surface area contributed by atoms with Gasteiger partial charge in [-0.2, -0.15) is 0 Å². The number of fused-ring (bicyclic) bond motifs is 1. The Balaban J connectivity index is 1.90. The fraction of sp³-hybridized carbons (Fsp3) is 0.190. The highest BCUT2D eigenvalue weighted by Gasteiger charge is 2.15. The summed E-state index contributed by atoms with van der Waals surface area (Å²) < 4.78 is 5.23. The lowest BCUT2D eigenvalue weighted by atomic mass is 10.1. The average Bonchev–Trinajstić information content (AvgIpc) is 2.71. The standard InChI is InChI=1S/C21H21N3O3/c1-22-19(25)12-11-14-7-3-5-9-17(14)24-21(26)16-13-20(27-2)23-18-10-6-4-8-15(16)18/h3-10,13H,11-12H2,1-2H3,(H,22,25)(H,24,26). The van der Waals surface area contributed by atoms with Crippen molar-refractivity contribution in [3.8, 4) is 5.88 Å². The maximum absolute atomic E-state index is 13.0. The molecule has 0 spiro atoms. The van der Waals surface area contributed by atoms with Crippen LogP contribution in [-0.2, 0) is 11.2 Å². The van der Waals surface area contributed by atoms with Crippen LogP contribution in [0.5, 0.6) is 5.88 Å². The van der Waals surface area contributed by atoms with Crippen molar-refractivity contribution in [1.82, 2.24) is 10.3 Å². The molecule has 0 bridgehead atoms. The first-order valence-electron chi connectivity index (χ1n) is 8.66. The van der Waals surface area contributed by atoms with Crippen LogP contribution in [0.4, 0.5) is 5.69 Å². The van der Waals surface area contributed by atoms with Gasteiger partial charge in [0.25, 0.3) is 5.91 Å². The summed E-state index contributed by atoms with van der Waals surface area (Å²) in [6, 6.07) is 16.5. The largest absolute Gasteiger partial charge is 0.481 e. The Hall–Kier alpha value is -3.41. The van der Waals surface area contributed by atoms with Crippen LogP contribution >= 0.6 is 0 Å². The van der Waals surface area contributed by atoms with Crippen LogP contribution in [0, 0.1) is 0 Å². The molecular weight excluding hydrogens is 342 g/mol. The van der Waals surface area contributed by atoms with Gasteiger partial charge in [0.2, 0.25) is 11.8 Å². The van der Waals surface area contributed by atoms with Crippen LogP contribution in [0.3, 0.4) is 0 Å². The molecule has 1 heterocycles.